The lowest BCUT2D eigenvalue weighted by Crippen LogP contribution is -2.34. The first-order valence-corrected chi connectivity index (χ1v) is 8.07. The number of nitrogens with one attached hydrogen (secondary N) is 3. The molecule has 0 radical (unpaired) electrons. The monoisotopic (exact) mass is 327 g/mol. The van der Waals surface area contributed by atoms with Gasteiger partial charge in [0, 0.05) is 37.2 Å². The summed E-state index contributed by atoms with van der Waals surface area (Å²) < 4.78 is 5.55. The van der Waals surface area contributed by atoms with Crippen molar-refractivity contribution < 1.29 is 4.74 Å². The summed E-state index contributed by atoms with van der Waals surface area (Å²) in [5, 5.41) is 10.8. The molecule has 1 aliphatic rings. The number of nitrogens with zero attached hydrogens (tertiary/aromatic N) is 2. The fourth-order valence-corrected chi connectivity index (χ4v) is 2.85. The zero-order valence-corrected chi connectivity index (χ0v) is 13.6. The first-order chi connectivity index (χ1) is 11.7. The van der Waals surface area contributed by atoms with Gasteiger partial charge in [0.15, 0.2) is 0 Å². The third-order valence-corrected chi connectivity index (χ3v) is 4.05. The molecule has 2 aromatic rings. The third-order valence-electron chi connectivity index (χ3n) is 4.05. The Morgan fingerprint density at radius 3 is 3.08 bits per heavy atom. The molecule has 1 aliphatic heterocycles. The average molecular weight is 327 g/mol. The van der Waals surface area contributed by atoms with Crippen molar-refractivity contribution in [3.8, 4) is 0 Å². The van der Waals surface area contributed by atoms with Gasteiger partial charge in [-0.15, -0.1) is 0 Å². The fraction of sp³-hybridized carbons (Fsp3) is 0.412. The summed E-state index contributed by atoms with van der Waals surface area (Å²) in [6.07, 6.45) is 5.07. The molecule has 0 aromatic carbocycles. The van der Waals surface area contributed by atoms with E-state index in [4.69, 9.17) is 10.1 Å². The van der Waals surface area contributed by atoms with Crippen LogP contribution >= 0.6 is 0 Å². The van der Waals surface area contributed by atoms with Gasteiger partial charge in [-0.1, -0.05) is 6.07 Å². The van der Waals surface area contributed by atoms with Crippen LogP contribution in [0.4, 0.5) is 5.82 Å². The number of rotatable bonds is 5. The van der Waals surface area contributed by atoms with Crippen molar-refractivity contribution in [1.29, 1.82) is 5.41 Å². The minimum Gasteiger partial charge on any atom is -0.378 e. The van der Waals surface area contributed by atoms with E-state index in [1.54, 1.807) is 6.20 Å². The Labute approximate surface area is 140 Å². The third kappa shape index (κ3) is 3.86. The molecule has 2 aromatic heterocycles. The lowest BCUT2D eigenvalue weighted by molar-refractivity contribution is 0.0231. The number of pyridine rings is 1. The molecular weight excluding hydrogens is 306 g/mol. The molecule has 2 atom stereocenters. The predicted molar refractivity (Wildman–Crippen MR) is 91.8 cm³/mol. The van der Waals surface area contributed by atoms with E-state index in [9.17, 15) is 4.79 Å². The van der Waals surface area contributed by atoms with Gasteiger partial charge in [-0.25, -0.2) is 4.98 Å². The van der Waals surface area contributed by atoms with Crippen molar-refractivity contribution in [3.05, 3.63) is 51.8 Å². The molecule has 1 saturated heterocycles. The molecule has 3 heterocycles. The van der Waals surface area contributed by atoms with E-state index in [2.05, 4.69) is 20.3 Å². The molecule has 1 fully saturated rings. The van der Waals surface area contributed by atoms with E-state index >= 15 is 0 Å². The van der Waals surface area contributed by atoms with Crippen LogP contribution in [0.2, 0.25) is 0 Å². The zero-order valence-electron chi connectivity index (χ0n) is 13.6. The van der Waals surface area contributed by atoms with Crippen molar-refractivity contribution in [2.75, 3.05) is 11.9 Å². The van der Waals surface area contributed by atoms with Gasteiger partial charge in [-0.3, -0.25) is 9.78 Å². The molecule has 0 aliphatic carbocycles. The summed E-state index contributed by atoms with van der Waals surface area (Å²) in [6, 6.07) is 5.81. The normalized spacial score (nSPS) is 20.5. The summed E-state index contributed by atoms with van der Waals surface area (Å²) in [6.45, 7) is 2.71. The molecule has 3 N–H and O–H groups in total. The van der Waals surface area contributed by atoms with Crippen molar-refractivity contribution >= 4 is 12.0 Å². The molecule has 7 nitrogen and oxygen atoms in total. The summed E-state index contributed by atoms with van der Waals surface area (Å²) in [5.41, 5.74) is 0.765. The van der Waals surface area contributed by atoms with Gasteiger partial charge in [-0.2, -0.15) is 0 Å². The number of ether oxygens (including phenoxy) is 1. The Kier molecular flexibility index (Phi) is 5.00. The van der Waals surface area contributed by atoms with Gasteiger partial charge in [0.2, 0.25) is 0 Å². The maximum Gasteiger partial charge on any atom is 0.261 e. The topological polar surface area (TPSA) is 104 Å². The molecule has 2 unspecified atom stereocenters. The number of hydrogen-bond donors (Lipinski definition) is 3. The fourth-order valence-electron chi connectivity index (χ4n) is 2.85. The van der Waals surface area contributed by atoms with Gasteiger partial charge < -0.3 is 20.4 Å². The van der Waals surface area contributed by atoms with Crippen LogP contribution in [-0.2, 0) is 11.2 Å². The molecule has 3 rings (SSSR count). The highest BCUT2D eigenvalue weighted by molar-refractivity contribution is 5.83. The first kappa shape index (κ1) is 16.3. The van der Waals surface area contributed by atoms with Crippen LogP contribution in [0.5, 0.6) is 0 Å². The standard InChI is InChI=1S/C17H21N5O2/c1-11-8-13(5-7-24-11)20-16-14(10-18)17(23)22-15(21-16)9-12-4-2-3-6-19-12/h2-4,6,10-11,13,18H,5,7-9H2,1H3,(H2,20,21,22,23). The lowest BCUT2D eigenvalue weighted by Gasteiger charge is -2.28. The second kappa shape index (κ2) is 7.35. The van der Waals surface area contributed by atoms with Crippen LogP contribution in [0.25, 0.3) is 0 Å². The highest BCUT2D eigenvalue weighted by Crippen LogP contribution is 2.18. The molecule has 0 saturated carbocycles. The van der Waals surface area contributed by atoms with E-state index in [1.807, 2.05) is 25.1 Å². The van der Waals surface area contributed by atoms with Gasteiger partial charge in [0.25, 0.3) is 5.56 Å². The van der Waals surface area contributed by atoms with Gasteiger partial charge in [-0.05, 0) is 31.9 Å². The average Bonchev–Trinajstić information content (AvgIpc) is 2.56. The highest BCUT2D eigenvalue weighted by Gasteiger charge is 2.21. The quantitative estimate of drug-likeness (QED) is 0.726. The Morgan fingerprint density at radius 1 is 1.50 bits per heavy atom. The van der Waals surface area contributed by atoms with Crippen LogP contribution in [0, 0.1) is 5.41 Å². The highest BCUT2D eigenvalue weighted by atomic mass is 16.5. The van der Waals surface area contributed by atoms with E-state index < -0.39 is 0 Å². The Morgan fingerprint density at radius 2 is 2.38 bits per heavy atom. The molecule has 0 bridgehead atoms. The van der Waals surface area contributed by atoms with Crippen molar-refractivity contribution in [2.45, 2.75) is 38.3 Å². The summed E-state index contributed by atoms with van der Waals surface area (Å²) in [4.78, 5) is 23.8. The predicted octanol–water partition coefficient (Wildman–Crippen LogP) is 1.73. The number of hydrogen-bond acceptors (Lipinski definition) is 6. The van der Waals surface area contributed by atoms with Crippen LogP contribution in [0.15, 0.2) is 29.2 Å². The second-order valence-corrected chi connectivity index (χ2v) is 5.96. The minimum absolute atomic E-state index is 0.176. The van der Waals surface area contributed by atoms with E-state index in [0.29, 0.717) is 24.7 Å². The molecule has 0 amide bonds. The Balaban J connectivity index is 1.86. The maximum absolute atomic E-state index is 12.3. The number of aromatic nitrogens is 3. The van der Waals surface area contributed by atoms with Gasteiger partial charge in [0.1, 0.15) is 11.6 Å². The smallest absolute Gasteiger partial charge is 0.261 e. The molecule has 24 heavy (non-hydrogen) atoms. The van der Waals surface area contributed by atoms with Crippen LogP contribution in [0.3, 0.4) is 0 Å². The van der Waals surface area contributed by atoms with Gasteiger partial charge >= 0.3 is 0 Å². The lowest BCUT2D eigenvalue weighted by atomic mass is 10.0. The van der Waals surface area contributed by atoms with E-state index in [-0.39, 0.29) is 23.3 Å². The first-order valence-electron chi connectivity index (χ1n) is 8.07. The maximum atomic E-state index is 12.3. The number of aromatic amines is 1. The largest absolute Gasteiger partial charge is 0.378 e. The van der Waals surface area contributed by atoms with Crippen molar-refractivity contribution in [3.63, 3.8) is 0 Å². The zero-order chi connectivity index (χ0) is 16.9. The molecule has 7 heteroatoms. The Bertz CT molecular complexity index is 759. The van der Waals surface area contributed by atoms with Crippen LogP contribution in [-0.4, -0.2) is 39.9 Å². The van der Waals surface area contributed by atoms with Crippen LogP contribution in [0.1, 0.15) is 36.8 Å². The summed E-state index contributed by atoms with van der Waals surface area (Å²) >= 11 is 0. The summed E-state index contributed by atoms with van der Waals surface area (Å²) in [7, 11) is 0. The molecular formula is C17H21N5O2. The number of H-pyrrole nitrogens is 1. The van der Waals surface area contributed by atoms with E-state index in [1.165, 1.54) is 0 Å². The van der Waals surface area contributed by atoms with Gasteiger partial charge in [0.05, 0.1) is 11.7 Å². The second-order valence-electron chi connectivity index (χ2n) is 5.96. The molecule has 126 valence electrons. The molecule has 0 spiro atoms. The van der Waals surface area contributed by atoms with Crippen molar-refractivity contribution in [1.82, 2.24) is 15.0 Å². The SMILES string of the molecule is CC1CC(Nc2nc(Cc3ccccn3)[nH]c(=O)c2C=N)CCO1. The Hall–Kier alpha value is -2.54. The van der Waals surface area contributed by atoms with Crippen LogP contribution < -0.4 is 10.9 Å². The van der Waals surface area contributed by atoms with E-state index in [0.717, 1.165) is 24.8 Å². The van der Waals surface area contributed by atoms with Crippen molar-refractivity contribution in [2.24, 2.45) is 0 Å². The minimum atomic E-state index is -0.312. The number of anilines is 1. The summed E-state index contributed by atoms with van der Waals surface area (Å²) in [5.74, 6) is 0.991.